The van der Waals surface area contributed by atoms with E-state index < -0.39 is 0 Å². The van der Waals surface area contributed by atoms with Crippen LogP contribution in [0.5, 0.6) is 0 Å². The summed E-state index contributed by atoms with van der Waals surface area (Å²) in [5.41, 5.74) is 3.07. The Balaban J connectivity index is 1.95. The molecule has 2 aromatic rings. The molecule has 1 aromatic heterocycles. The van der Waals surface area contributed by atoms with Crippen LogP contribution in [0.15, 0.2) is 34.2 Å². The Morgan fingerprint density at radius 1 is 1.29 bits per heavy atom. The van der Waals surface area contributed by atoms with Crippen LogP contribution < -0.4 is 15.8 Å². The van der Waals surface area contributed by atoms with Gasteiger partial charge in [-0.2, -0.15) is 0 Å². The molecule has 2 N–H and O–H groups in total. The number of carbonyl (C=O) groups excluding carboxylic acids is 1. The second-order valence-corrected chi connectivity index (χ2v) is 6.53. The van der Waals surface area contributed by atoms with Crippen molar-refractivity contribution in [3.05, 3.63) is 45.9 Å². The van der Waals surface area contributed by atoms with Gasteiger partial charge in [0.1, 0.15) is 0 Å². The van der Waals surface area contributed by atoms with Gasteiger partial charge in [0, 0.05) is 36.7 Å². The van der Waals surface area contributed by atoms with Crippen molar-refractivity contribution in [1.82, 2.24) is 9.97 Å². The quantitative estimate of drug-likeness (QED) is 0.620. The molecule has 6 nitrogen and oxygen atoms in total. The van der Waals surface area contributed by atoms with E-state index in [9.17, 15) is 9.59 Å². The standard InChI is InChI=1S/C17H22N4O2S/c1-5-14-11(2)18-17(20-16(14)23)24-10-15(22)19-12-6-8-13(9-7-12)21(3)4/h6-9H,5,10H2,1-4H3,(H,19,22)(H,18,20,23). The Morgan fingerprint density at radius 2 is 1.96 bits per heavy atom. The van der Waals surface area contributed by atoms with Crippen molar-refractivity contribution < 1.29 is 4.79 Å². The van der Waals surface area contributed by atoms with Crippen LogP contribution in [0.2, 0.25) is 0 Å². The van der Waals surface area contributed by atoms with Gasteiger partial charge in [0.05, 0.1) is 5.75 Å². The van der Waals surface area contributed by atoms with Crippen LogP contribution in [0.1, 0.15) is 18.2 Å². The number of aromatic amines is 1. The summed E-state index contributed by atoms with van der Waals surface area (Å²) in [6.45, 7) is 3.73. The van der Waals surface area contributed by atoms with Crippen molar-refractivity contribution in [3.63, 3.8) is 0 Å². The Morgan fingerprint density at radius 3 is 2.50 bits per heavy atom. The molecule has 0 fully saturated rings. The maximum absolute atomic E-state index is 12.0. The zero-order valence-corrected chi connectivity index (χ0v) is 15.2. The van der Waals surface area contributed by atoms with Gasteiger partial charge < -0.3 is 15.2 Å². The number of hydrogen-bond acceptors (Lipinski definition) is 5. The van der Waals surface area contributed by atoms with Crippen LogP contribution in [0.4, 0.5) is 11.4 Å². The summed E-state index contributed by atoms with van der Waals surface area (Å²) in [6, 6.07) is 7.60. The highest BCUT2D eigenvalue weighted by Crippen LogP contribution is 2.17. The van der Waals surface area contributed by atoms with Crippen LogP contribution in [-0.4, -0.2) is 35.7 Å². The summed E-state index contributed by atoms with van der Waals surface area (Å²) in [6.07, 6.45) is 0.641. The average Bonchev–Trinajstić information content (AvgIpc) is 2.53. The number of nitrogens with zero attached hydrogens (tertiary/aromatic N) is 2. The number of amides is 1. The van der Waals surface area contributed by atoms with E-state index >= 15 is 0 Å². The number of thioether (sulfide) groups is 1. The maximum atomic E-state index is 12.0. The van der Waals surface area contributed by atoms with Crippen LogP contribution in [0.3, 0.4) is 0 Å². The number of carbonyl (C=O) groups is 1. The molecular weight excluding hydrogens is 324 g/mol. The largest absolute Gasteiger partial charge is 0.378 e. The Kier molecular flexibility index (Phi) is 6.03. The van der Waals surface area contributed by atoms with Gasteiger partial charge in [0.25, 0.3) is 5.56 Å². The van der Waals surface area contributed by atoms with Gasteiger partial charge in [-0.05, 0) is 37.6 Å². The van der Waals surface area contributed by atoms with E-state index in [0.29, 0.717) is 22.8 Å². The first-order chi connectivity index (χ1) is 11.4. The van der Waals surface area contributed by atoms with E-state index in [1.807, 2.05) is 57.1 Å². The first kappa shape index (κ1) is 18.1. The third kappa shape index (κ3) is 4.61. The average molecular weight is 346 g/mol. The molecule has 0 spiro atoms. The molecule has 0 unspecified atom stereocenters. The van der Waals surface area contributed by atoms with E-state index in [1.54, 1.807) is 0 Å². The van der Waals surface area contributed by atoms with E-state index in [1.165, 1.54) is 11.8 Å². The Bertz CT molecular complexity index is 769. The van der Waals surface area contributed by atoms with Gasteiger partial charge in [-0.3, -0.25) is 9.59 Å². The fraction of sp³-hybridized carbons (Fsp3) is 0.353. The lowest BCUT2D eigenvalue weighted by Crippen LogP contribution is -2.18. The number of benzene rings is 1. The predicted octanol–water partition coefficient (Wildman–Crippen LogP) is 2.44. The first-order valence-corrected chi connectivity index (χ1v) is 8.69. The highest BCUT2D eigenvalue weighted by molar-refractivity contribution is 7.99. The zero-order chi connectivity index (χ0) is 17.7. The van der Waals surface area contributed by atoms with Crippen LogP contribution >= 0.6 is 11.8 Å². The second-order valence-electron chi connectivity index (χ2n) is 5.57. The summed E-state index contributed by atoms with van der Waals surface area (Å²) in [5, 5.41) is 3.30. The fourth-order valence-corrected chi connectivity index (χ4v) is 2.95. The highest BCUT2D eigenvalue weighted by atomic mass is 32.2. The molecule has 1 aromatic carbocycles. The molecule has 0 aliphatic heterocycles. The second kappa shape index (κ2) is 8.01. The number of aromatic nitrogens is 2. The minimum atomic E-state index is -0.141. The third-order valence-corrected chi connectivity index (χ3v) is 4.43. The van der Waals surface area contributed by atoms with Gasteiger partial charge in [-0.25, -0.2) is 4.98 Å². The molecule has 2 rings (SSSR count). The molecule has 0 aliphatic carbocycles. The minimum Gasteiger partial charge on any atom is -0.378 e. The van der Waals surface area contributed by atoms with Crippen LogP contribution in [-0.2, 0) is 11.2 Å². The van der Waals surface area contributed by atoms with E-state index in [0.717, 1.165) is 11.4 Å². The first-order valence-electron chi connectivity index (χ1n) is 7.70. The van der Waals surface area contributed by atoms with E-state index in [2.05, 4.69) is 15.3 Å². The fourth-order valence-electron chi connectivity index (χ4n) is 2.24. The van der Waals surface area contributed by atoms with Crippen molar-refractivity contribution in [2.24, 2.45) is 0 Å². The van der Waals surface area contributed by atoms with Crippen molar-refractivity contribution in [2.45, 2.75) is 25.4 Å². The third-order valence-electron chi connectivity index (χ3n) is 3.56. The van der Waals surface area contributed by atoms with Crippen LogP contribution in [0, 0.1) is 6.92 Å². The number of aryl methyl sites for hydroxylation is 1. The zero-order valence-electron chi connectivity index (χ0n) is 14.3. The molecule has 128 valence electrons. The smallest absolute Gasteiger partial charge is 0.254 e. The molecule has 0 bridgehead atoms. The van der Waals surface area contributed by atoms with Gasteiger partial charge in [-0.1, -0.05) is 18.7 Å². The summed E-state index contributed by atoms with van der Waals surface area (Å²) >= 11 is 1.22. The molecule has 1 heterocycles. The van der Waals surface area contributed by atoms with Crippen molar-refractivity contribution >= 4 is 29.0 Å². The van der Waals surface area contributed by atoms with Crippen molar-refractivity contribution in [2.75, 3.05) is 30.1 Å². The van der Waals surface area contributed by atoms with Crippen molar-refractivity contribution in [3.8, 4) is 0 Å². The van der Waals surface area contributed by atoms with Crippen LogP contribution in [0.25, 0.3) is 0 Å². The lowest BCUT2D eigenvalue weighted by Gasteiger charge is -2.13. The molecular formula is C17H22N4O2S. The summed E-state index contributed by atoms with van der Waals surface area (Å²) < 4.78 is 0. The maximum Gasteiger partial charge on any atom is 0.254 e. The van der Waals surface area contributed by atoms with Gasteiger partial charge in [0.15, 0.2) is 5.16 Å². The summed E-state index contributed by atoms with van der Waals surface area (Å²) in [5.74, 6) is 0.0426. The predicted molar refractivity (Wildman–Crippen MR) is 99.1 cm³/mol. The molecule has 1 amide bonds. The molecule has 0 aliphatic rings. The number of H-pyrrole nitrogens is 1. The topological polar surface area (TPSA) is 78.1 Å². The number of anilines is 2. The molecule has 0 radical (unpaired) electrons. The van der Waals surface area contributed by atoms with E-state index in [4.69, 9.17) is 0 Å². The molecule has 0 atom stereocenters. The summed E-state index contributed by atoms with van der Waals surface area (Å²) in [4.78, 5) is 33.0. The van der Waals surface area contributed by atoms with Gasteiger partial charge in [-0.15, -0.1) is 0 Å². The Labute approximate surface area is 145 Å². The molecule has 7 heteroatoms. The van der Waals surface area contributed by atoms with Gasteiger partial charge >= 0.3 is 0 Å². The molecule has 0 saturated carbocycles. The SMILES string of the molecule is CCc1c(C)nc(SCC(=O)Nc2ccc(N(C)C)cc2)[nH]c1=O. The lowest BCUT2D eigenvalue weighted by molar-refractivity contribution is -0.113. The number of nitrogens with one attached hydrogen (secondary N) is 2. The lowest BCUT2D eigenvalue weighted by atomic mass is 10.2. The number of rotatable bonds is 6. The normalized spacial score (nSPS) is 10.5. The van der Waals surface area contributed by atoms with Gasteiger partial charge in [0.2, 0.25) is 5.91 Å². The number of hydrogen-bond donors (Lipinski definition) is 2. The monoisotopic (exact) mass is 346 g/mol. The Hall–Kier alpha value is -2.28. The highest BCUT2D eigenvalue weighted by Gasteiger charge is 2.09. The summed E-state index contributed by atoms with van der Waals surface area (Å²) in [7, 11) is 3.92. The molecule has 24 heavy (non-hydrogen) atoms. The van der Waals surface area contributed by atoms with E-state index in [-0.39, 0.29) is 17.2 Å². The van der Waals surface area contributed by atoms with Crippen molar-refractivity contribution in [1.29, 1.82) is 0 Å². The minimum absolute atomic E-state index is 0.132. The molecule has 0 saturated heterocycles.